The van der Waals surface area contributed by atoms with Crippen LogP contribution in [-0.2, 0) is 11.2 Å². The highest BCUT2D eigenvalue weighted by molar-refractivity contribution is 6.43. The predicted octanol–water partition coefficient (Wildman–Crippen LogP) is 0.189. The molecule has 4 N–H and O–H groups in total. The molecule has 0 saturated carbocycles. The molecule has 142 valence electrons. The van der Waals surface area contributed by atoms with E-state index in [9.17, 15) is 14.8 Å². The Labute approximate surface area is 159 Å². The molecule has 0 aliphatic carbocycles. The molecule has 2 heterocycles. The van der Waals surface area contributed by atoms with Gasteiger partial charge < -0.3 is 30.0 Å². The second-order valence-corrected chi connectivity index (χ2v) is 6.39. The van der Waals surface area contributed by atoms with E-state index >= 15 is 0 Å². The number of piperazine rings is 1. The Morgan fingerprint density at radius 1 is 1.31 bits per heavy atom. The van der Waals surface area contributed by atoms with E-state index in [4.69, 9.17) is 4.42 Å². The van der Waals surface area contributed by atoms with Crippen molar-refractivity contribution in [3.8, 4) is 0 Å². The molecule has 7 nitrogen and oxygen atoms in total. The summed E-state index contributed by atoms with van der Waals surface area (Å²) in [6, 6.07) is 7.56. The smallest absolute Gasteiger partial charge is 0.464 e. The van der Waals surface area contributed by atoms with Gasteiger partial charge in [-0.3, -0.25) is 4.79 Å². The molecule has 1 aliphatic heterocycles. The lowest BCUT2D eigenvalue weighted by molar-refractivity contribution is -0.121. The number of amides is 1. The van der Waals surface area contributed by atoms with Gasteiger partial charge in [-0.05, 0) is 18.1 Å². The number of para-hydroxylation sites is 1. The number of furan rings is 1. The number of carbonyl (C=O) groups is 1. The monoisotopic (exact) mass is 381 g/mol. The first kappa shape index (κ1) is 20.7. The lowest BCUT2D eigenvalue weighted by Gasteiger charge is -2.27. The summed E-state index contributed by atoms with van der Waals surface area (Å²) in [4.78, 5) is 14.4. The molecule has 0 radical (unpaired) electrons. The first-order valence-electron chi connectivity index (χ1n) is 8.67. The van der Waals surface area contributed by atoms with Crippen LogP contribution in [0.15, 0.2) is 34.9 Å². The Hall–Kier alpha value is -1.58. The number of fused-ring (bicyclic) bond motifs is 1. The summed E-state index contributed by atoms with van der Waals surface area (Å²) in [5.74, 6) is -0.944. The number of nitrogens with zero attached hydrogens (tertiary/aromatic N) is 1. The van der Waals surface area contributed by atoms with E-state index in [0.29, 0.717) is 19.4 Å². The summed E-state index contributed by atoms with van der Waals surface area (Å²) >= 11 is 0. The zero-order chi connectivity index (χ0) is 17.6. The van der Waals surface area contributed by atoms with Crippen LogP contribution in [0.4, 0.5) is 0 Å². The largest absolute Gasteiger partial charge is 0.475 e. The number of rotatable bonds is 7. The van der Waals surface area contributed by atoms with Gasteiger partial charge in [0.25, 0.3) is 0 Å². The molecule has 1 atom stereocenters. The Morgan fingerprint density at radius 2 is 2.04 bits per heavy atom. The number of hydrogen-bond acceptors (Lipinski definition) is 6. The molecule has 1 saturated heterocycles. The maximum Gasteiger partial charge on any atom is 0.475 e. The van der Waals surface area contributed by atoms with E-state index in [0.717, 1.165) is 42.7 Å². The van der Waals surface area contributed by atoms with Gasteiger partial charge in [-0.2, -0.15) is 0 Å². The molecule has 26 heavy (non-hydrogen) atoms. The predicted molar refractivity (Wildman–Crippen MR) is 103 cm³/mol. The third-order valence-electron chi connectivity index (χ3n) is 4.57. The molecule has 9 heteroatoms. The molecule has 1 aliphatic rings. The van der Waals surface area contributed by atoms with Crippen LogP contribution in [0, 0.1) is 0 Å². The van der Waals surface area contributed by atoms with Gasteiger partial charge in [0.05, 0.1) is 12.2 Å². The van der Waals surface area contributed by atoms with Crippen molar-refractivity contribution >= 4 is 36.4 Å². The number of halogens is 1. The fourth-order valence-corrected chi connectivity index (χ4v) is 3.13. The quantitative estimate of drug-likeness (QED) is 0.511. The van der Waals surface area contributed by atoms with Crippen LogP contribution in [0.3, 0.4) is 0 Å². The van der Waals surface area contributed by atoms with Gasteiger partial charge in [0.2, 0.25) is 5.91 Å². The molecule has 1 aromatic heterocycles. The van der Waals surface area contributed by atoms with Crippen molar-refractivity contribution < 1.29 is 19.3 Å². The summed E-state index contributed by atoms with van der Waals surface area (Å²) in [6.07, 6.45) is 2.25. The zero-order valence-electron chi connectivity index (χ0n) is 14.6. The average Bonchev–Trinajstić information content (AvgIpc) is 3.03. The Balaban J connectivity index is 0.00000243. The van der Waals surface area contributed by atoms with Crippen LogP contribution >= 0.6 is 12.4 Å². The van der Waals surface area contributed by atoms with Gasteiger partial charge in [-0.1, -0.05) is 18.2 Å². The van der Waals surface area contributed by atoms with E-state index in [1.54, 1.807) is 6.26 Å². The molecule has 2 aromatic rings. The first-order valence-corrected chi connectivity index (χ1v) is 8.67. The van der Waals surface area contributed by atoms with Crippen LogP contribution < -0.4 is 10.6 Å². The Bertz CT molecular complexity index is 706. The highest BCUT2D eigenvalue weighted by atomic mass is 35.5. The number of hydrogen-bond donors (Lipinski definition) is 4. The topological polar surface area (TPSA) is 98.0 Å². The number of carbonyl (C=O) groups excluding carboxylic acids is 1. The van der Waals surface area contributed by atoms with E-state index < -0.39 is 13.1 Å². The van der Waals surface area contributed by atoms with Gasteiger partial charge in [-0.15, -0.1) is 12.4 Å². The molecule has 1 aromatic carbocycles. The van der Waals surface area contributed by atoms with Crippen LogP contribution in [0.5, 0.6) is 0 Å². The third kappa shape index (κ3) is 5.46. The van der Waals surface area contributed by atoms with E-state index in [-0.39, 0.29) is 18.3 Å². The maximum absolute atomic E-state index is 12.2. The normalized spacial score (nSPS) is 16.1. The molecule has 3 rings (SSSR count). The van der Waals surface area contributed by atoms with E-state index in [1.807, 2.05) is 24.3 Å². The Kier molecular flexibility index (Phi) is 7.93. The van der Waals surface area contributed by atoms with Crippen molar-refractivity contribution in [3.63, 3.8) is 0 Å². The maximum atomic E-state index is 12.2. The minimum atomic E-state index is -1.63. The van der Waals surface area contributed by atoms with Crippen molar-refractivity contribution in [2.45, 2.75) is 18.8 Å². The fraction of sp³-hybridized carbons (Fsp3) is 0.471. The summed E-state index contributed by atoms with van der Waals surface area (Å²) in [5, 5.41) is 26.2. The highest BCUT2D eigenvalue weighted by Crippen LogP contribution is 2.22. The van der Waals surface area contributed by atoms with Crippen LogP contribution in [0.25, 0.3) is 11.0 Å². The van der Waals surface area contributed by atoms with Crippen molar-refractivity contribution in [2.75, 3.05) is 32.7 Å². The van der Waals surface area contributed by atoms with Crippen LogP contribution in [0.2, 0.25) is 0 Å². The minimum absolute atomic E-state index is 0. The standard InChI is InChI=1S/C17H24BN3O4.ClH/c22-17(5-8-21-9-6-19-7-10-21)20-16(18(23)24)11-13-12-25-15-4-2-1-3-14(13)15;/h1-4,12,16,19,23-24H,5-11H2,(H,20,22);1H. The molecule has 1 amide bonds. The third-order valence-corrected chi connectivity index (χ3v) is 4.57. The molecule has 1 unspecified atom stereocenters. The van der Waals surface area contributed by atoms with Crippen molar-refractivity contribution in [2.24, 2.45) is 0 Å². The van der Waals surface area contributed by atoms with Crippen LogP contribution in [-0.4, -0.2) is 66.6 Å². The van der Waals surface area contributed by atoms with E-state index in [2.05, 4.69) is 15.5 Å². The van der Waals surface area contributed by atoms with Gasteiger partial charge in [-0.25, -0.2) is 0 Å². The highest BCUT2D eigenvalue weighted by Gasteiger charge is 2.27. The molecule has 1 fully saturated rings. The zero-order valence-corrected chi connectivity index (χ0v) is 15.4. The second-order valence-electron chi connectivity index (χ2n) is 6.39. The van der Waals surface area contributed by atoms with Crippen molar-refractivity contribution in [1.29, 1.82) is 0 Å². The van der Waals surface area contributed by atoms with Gasteiger partial charge in [0.1, 0.15) is 5.58 Å². The first-order chi connectivity index (χ1) is 12.1. The van der Waals surface area contributed by atoms with Crippen LogP contribution in [0.1, 0.15) is 12.0 Å². The van der Waals surface area contributed by atoms with Gasteiger partial charge in [0.15, 0.2) is 0 Å². The molecule has 0 bridgehead atoms. The number of nitrogens with one attached hydrogen (secondary N) is 2. The SMILES string of the molecule is Cl.O=C(CCN1CCNCC1)NC(Cc1coc2ccccc12)B(O)O. The molecule has 0 spiro atoms. The lowest BCUT2D eigenvalue weighted by atomic mass is 9.76. The summed E-state index contributed by atoms with van der Waals surface area (Å²) in [7, 11) is -1.63. The van der Waals surface area contributed by atoms with Gasteiger partial charge in [0, 0.05) is 44.5 Å². The fourth-order valence-electron chi connectivity index (χ4n) is 3.13. The summed E-state index contributed by atoms with van der Waals surface area (Å²) in [5.41, 5.74) is 1.59. The second kappa shape index (κ2) is 9.94. The lowest BCUT2D eigenvalue weighted by Crippen LogP contribution is -2.49. The summed E-state index contributed by atoms with van der Waals surface area (Å²) in [6.45, 7) is 4.41. The van der Waals surface area contributed by atoms with Crippen molar-refractivity contribution in [1.82, 2.24) is 15.5 Å². The molecular weight excluding hydrogens is 356 g/mol. The molecular formula is C17H25BClN3O4. The minimum Gasteiger partial charge on any atom is -0.464 e. The average molecular weight is 382 g/mol. The van der Waals surface area contributed by atoms with Gasteiger partial charge >= 0.3 is 7.12 Å². The summed E-state index contributed by atoms with van der Waals surface area (Å²) < 4.78 is 5.47. The number of benzene rings is 1. The Morgan fingerprint density at radius 3 is 2.77 bits per heavy atom. The van der Waals surface area contributed by atoms with Crippen molar-refractivity contribution in [3.05, 3.63) is 36.1 Å². The van der Waals surface area contributed by atoms with E-state index in [1.165, 1.54) is 0 Å².